The van der Waals surface area contributed by atoms with E-state index in [2.05, 4.69) is 30.8 Å². The van der Waals surface area contributed by atoms with Crippen molar-refractivity contribution in [1.29, 1.82) is 0 Å². The van der Waals surface area contributed by atoms with Crippen LogP contribution in [-0.2, 0) is 27.9 Å². The van der Waals surface area contributed by atoms with Gasteiger partial charge in [0.25, 0.3) is 10.0 Å². The van der Waals surface area contributed by atoms with Gasteiger partial charge < -0.3 is 14.2 Å². The zero-order valence-corrected chi connectivity index (χ0v) is 23.4. The van der Waals surface area contributed by atoms with Gasteiger partial charge in [0, 0.05) is 43.1 Å². The van der Waals surface area contributed by atoms with Crippen LogP contribution in [0.1, 0.15) is 40.9 Å². The van der Waals surface area contributed by atoms with Crippen LogP contribution in [0, 0.1) is 27.7 Å². The zero-order chi connectivity index (χ0) is 27.4. The fourth-order valence-corrected chi connectivity index (χ4v) is 5.49. The number of aromatic nitrogens is 3. The van der Waals surface area contributed by atoms with Crippen LogP contribution in [0.15, 0.2) is 57.9 Å². The third-order valence-corrected chi connectivity index (χ3v) is 7.65. The molecule has 0 amide bonds. The number of hydrogen-bond donors (Lipinski definition) is 1. The van der Waals surface area contributed by atoms with Crippen molar-refractivity contribution in [2.75, 3.05) is 23.3 Å². The number of nitrogens with zero attached hydrogens (tertiary/aromatic N) is 4. The van der Waals surface area contributed by atoms with Crippen molar-refractivity contribution < 1.29 is 17.7 Å². The number of rotatable bonds is 10. The average Bonchev–Trinajstić information content (AvgIpc) is 3.18. The van der Waals surface area contributed by atoms with E-state index in [9.17, 15) is 8.42 Å². The lowest BCUT2D eigenvalue weighted by Crippen LogP contribution is -2.19. The van der Waals surface area contributed by atoms with E-state index >= 15 is 0 Å². The second kappa shape index (κ2) is 11.3. The van der Waals surface area contributed by atoms with Crippen LogP contribution in [0.4, 0.5) is 11.6 Å². The molecule has 0 saturated heterocycles. The van der Waals surface area contributed by atoms with E-state index in [1.165, 1.54) is 0 Å². The molecule has 0 fully saturated rings. The smallest absolute Gasteiger partial charge is 0.263 e. The summed E-state index contributed by atoms with van der Waals surface area (Å²) in [6, 6.07) is 14.9. The first-order chi connectivity index (χ1) is 18.1. The first kappa shape index (κ1) is 27.3. The van der Waals surface area contributed by atoms with Crippen LogP contribution in [0.3, 0.4) is 0 Å². The fraction of sp³-hybridized carbons (Fsp3) is 0.321. The number of anilines is 2. The number of hydrogen-bond acceptors (Lipinski definition) is 8. The Morgan fingerprint density at radius 1 is 1.00 bits per heavy atom. The van der Waals surface area contributed by atoms with Gasteiger partial charge in [0.15, 0.2) is 5.82 Å². The topological polar surface area (TPSA) is 110 Å². The van der Waals surface area contributed by atoms with Crippen molar-refractivity contribution in [1.82, 2.24) is 15.1 Å². The first-order valence-electron chi connectivity index (χ1n) is 12.4. The van der Waals surface area contributed by atoms with Gasteiger partial charge >= 0.3 is 0 Å². The number of nitrogens with one attached hydrogen (secondary N) is 1. The first-order valence-corrected chi connectivity index (χ1v) is 13.9. The predicted molar refractivity (Wildman–Crippen MR) is 148 cm³/mol. The van der Waals surface area contributed by atoms with Crippen LogP contribution in [0.5, 0.6) is 0 Å². The molecule has 0 bridgehead atoms. The molecule has 200 valence electrons. The second-order valence-electron chi connectivity index (χ2n) is 9.21. The molecule has 2 aromatic heterocycles. The molecule has 0 radical (unpaired) electrons. The Bertz CT molecular complexity index is 1530. The van der Waals surface area contributed by atoms with Gasteiger partial charge in [-0.3, -0.25) is 4.72 Å². The summed E-state index contributed by atoms with van der Waals surface area (Å²) in [6.45, 7) is 10.8. The molecular weight excluding hydrogens is 502 g/mol. The van der Waals surface area contributed by atoms with Crippen molar-refractivity contribution in [2.45, 2.75) is 52.7 Å². The van der Waals surface area contributed by atoms with E-state index in [1.807, 2.05) is 52.1 Å². The second-order valence-corrected chi connectivity index (χ2v) is 10.9. The standard InChI is InChI=1S/C28H33N5O4S/c1-7-36-17-23-15-22(16-33(6)27-14-18(2)29-21(5)30-27)12-13-24(23)25-10-8-9-11-26(25)38(34,35)32-28-19(3)20(4)37-31-28/h8-15H,7,16-17H2,1-6H3,(H,31,32). The summed E-state index contributed by atoms with van der Waals surface area (Å²) in [4.78, 5) is 11.1. The molecule has 4 aromatic rings. The molecule has 9 nitrogen and oxygen atoms in total. The van der Waals surface area contributed by atoms with E-state index in [1.54, 1.807) is 32.0 Å². The molecule has 0 spiro atoms. The number of aryl methyl sites for hydroxylation is 3. The number of benzene rings is 2. The highest BCUT2D eigenvalue weighted by Crippen LogP contribution is 2.33. The molecule has 1 N–H and O–H groups in total. The average molecular weight is 536 g/mol. The largest absolute Gasteiger partial charge is 0.377 e. The molecule has 4 rings (SSSR count). The molecule has 0 unspecified atom stereocenters. The van der Waals surface area contributed by atoms with Gasteiger partial charge in [-0.05, 0) is 57.4 Å². The lowest BCUT2D eigenvalue weighted by Gasteiger charge is -2.21. The van der Waals surface area contributed by atoms with E-state index in [0.29, 0.717) is 36.6 Å². The molecular formula is C28H33N5O4S. The van der Waals surface area contributed by atoms with Crippen molar-refractivity contribution in [3.8, 4) is 11.1 Å². The molecule has 0 aliphatic rings. The lowest BCUT2D eigenvalue weighted by atomic mass is 9.97. The lowest BCUT2D eigenvalue weighted by molar-refractivity contribution is 0.134. The SMILES string of the molecule is CCOCc1cc(CN(C)c2cc(C)nc(C)n2)ccc1-c1ccccc1S(=O)(=O)Nc1noc(C)c1C. The number of sulfonamides is 1. The molecule has 2 heterocycles. The minimum atomic E-state index is -3.95. The van der Waals surface area contributed by atoms with Crippen LogP contribution < -0.4 is 9.62 Å². The molecule has 0 aliphatic carbocycles. The van der Waals surface area contributed by atoms with E-state index in [-0.39, 0.29) is 10.7 Å². The Hall–Kier alpha value is -3.76. The van der Waals surface area contributed by atoms with Gasteiger partial charge in [0.05, 0.1) is 11.5 Å². The van der Waals surface area contributed by atoms with Gasteiger partial charge in [-0.1, -0.05) is 41.6 Å². The minimum absolute atomic E-state index is 0.148. The van der Waals surface area contributed by atoms with E-state index in [0.717, 1.165) is 34.0 Å². The Labute approximate surface area is 223 Å². The maximum atomic E-state index is 13.5. The number of ether oxygens (including phenoxy) is 1. The minimum Gasteiger partial charge on any atom is -0.377 e. The quantitative estimate of drug-likeness (QED) is 0.290. The monoisotopic (exact) mass is 535 g/mol. The van der Waals surface area contributed by atoms with Gasteiger partial charge in [-0.15, -0.1) is 0 Å². The van der Waals surface area contributed by atoms with Gasteiger partial charge in [-0.25, -0.2) is 18.4 Å². The Balaban J connectivity index is 1.70. The van der Waals surface area contributed by atoms with E-state index in [4.69, 9.17) is 9.26 Å². The van der Waals surface area contributed by atoms with Crippen LogP contribution in [0.2, 0.25) is 0 Å². The Kier molecular flexibility index (Phi) is 8.13. The molecule has 38 heavy (non-hydrogen) atoms. The van der Waals surface area contributed by atoms with Crippen LogP contribution in [0.25, 0.3) is 11.1 Å². The highest BCUT2D eigenvalue weighted by atomic mass is 32.2. The molecule has 0 atom stereocenters. The summed E-state index contributed by atoms with van der Waals surface area (Å²) in [5, 5.41) is 3.86. The van der Waals surface area contributed by atoms with Gasteiger partial charge in [-0.2, -0.15) is 0 Å². The van der Waals surface area contributed by atoms with Crippen molar-refractivity contribution in [2.24, 2.45) is 0 Å². The predicted octanol–water partition coefficient (Wildman–Crippen LogP) is 5.34. The van der Waals surface area contributed by atoms with Crippen LogP contribution >= 0.6 is 0 Å². The van der Waals surface area contributed by atoms with Crippen molar-refractivity contribution in [3.63, 3.8) is 0 Å². The Morgan fingerprint density at radius 2 is 1.76 bits per heavy atom. The van der Waals surface area contributed by atoms with Crippen molar-refractivity contribution in [3.05, 3.63) is 82.5 Å². The van der Waals surface area contributed by atoms with Crippen molar-refractivity contribution >= 4 is 21.7 Å². The Morgan fingerprint density at radius 3 is 2.45 bits per heavy atom. The molecule has 10 heteroatoms. The highest BCUT2D eigenvalue weighted by Gasteiger charge is 2.23. The summed E-state index contributed by atoms with van der Waals surface area (Å²) in [5.74, 6) is 2.30. The van der Waals surface area contributed by atoms with Gasteiger partial charge in [0.2, 0.25) is 0 Å². The summed E-state index contributed by atoms with van der Waals surface area (Å²) in [7, 11) is -1.96. The summed E-state index contributed by atoms with van der Waals surface area (Å²) < 4.78 is 40.4. The molecule has 0 saturated carbocycles. The maximum absolute atomic E-state index is 13.5. The van der Waals surface area contributed by atoms with Gasteiger partial charge in [0.1, 0.15) is 17.4 Å². The van der Waals surface area contributed by atoms with Crippen LogP contribution in [-0.4, -0.2) is 37.2 Å². The maximum Gasteiger partial charge on any atom is 0.263 e. The fourth-order valence-electron chi connectivity index (χ4n) is 4.21. The molecule has 2 aromatic carbocycles. The summed E-state index contributed by atoms with van der Waals surface area (Å²) in [5.41, 5.74) is 4.86. The summed E-state index contributed by atoms with van der Waals surface area (Å²) >= 11 is 0. The van der Waals surface area contributed by atoms with E-state index < -0.39 is 10.0 Å². The molecule has 0 aliphatic heterocycles. The normalized spacial score (nSPS) is 11.5. The highest BCUT2D eigenvalue weighted by molar-refractivity contribution is 7.92. The summed E-state index contributed by atoms with van der Waals surface area (Å²) in [6.07, 6.45) is 0. The third kappa shape index (κ3) is 6.03. The zero-order valence-electron chi connectivity index (χ0n) is 22.6. The third-order valence-electron chi connectivity index (χ3n) is 6.25.